The summed E-state index contributed by atoms with van der Waals surface area (Å²) in [4.78, 5) is 11.9. The number of hydrogen-bond acceptors (Lipinski definition) is 3. The molecule has 0 radical (unpaired) electrons. The van der Waals surface area contributed by atoms with Gasteiger partial charge in [-0.3, -0.25) is 4.79 Å². The molecule has 3 nitrogen and oxygen atoms in total. The van der Waals surface area contributed by atoms with Gasteiger partial charge in [0.15, 0.2) is 11.9 Å². The second-order valence-electron chi connectivity index (χ2n) is 3.98. The topological polar surface area (TPSA) is 42.7 Å². The molecule has 2 aromatic rings. The zero-order valence-corrected chi connectivity index (χ0v) is 10.6. The summed E-state index contributed by atoms with van der Waals surface area (Å²) in [5.74, 6) is 0.128. The molecule has 1 aromatic carbocycles. The highest BCUT2D eigenvalue weighted by atomic mass is 35.5. The second kappa shape index (κ2) is 4.43. The first-order valence-electron chi connectivity index (χ1n) is 5.35. The lowest BCUT2D eigenvalue weighted by atomic mass is 10.1. The van der Waals surface area contributed by atoms with Gasteiger partial charge in [0, 0.05) is 15.6 Å². The van der Waals surface area contributed by atoms with Crippen molar-refractivity contribution >= 4 is 29.0 Å². The van der Waals surface area contributed by atoms with Crippen LogP contribution in [0.3, 0.4) is 0 Å². The Morgan fingerprint density at radius 3 is 2.72 bits per heavy atom. The van der Waals surface area contributed by atoms with E-state index in [1.165, 1.54) is 6.26 Å². The monoisotopic (exact) mass is 282 g/mol. The van der Waals surface area contributed by atoms with E-state index in [1.807, 2.05) is 0 Å². The zero-order valence-electron chi connectivity index (χ0n) is 9.10. The molecule has 3 rings (SSSR count). The van der Waals surface area contributed by atoms with Crippen LogP contribution in [0.5, 0.6) is 0 Å². The lowest BCUT2D eigenvalue weighted by Gasteiger charge is -2.00. The summed E-state index contributed by atoms with van der Waals surface area (Å²) in [5.41, 5.74) is 0.769. The van der Waals surface area contributed by atoms with Crippen molar-refractivity contribution < 1.29 is 13.9 Å². The van der Waals surface area contributed by atoms with Crippen molar-refractivity contribution in [3.8, 4) is 0 Å². The van der Waals surface area contributed by atoms with Crippen molar-refractivity contribution in [3.05, 3.63) is 58.0 Å². The third-order valence-corrected chi connectivity index (χ3v) is 3.35. The fourth-order valence-corrected chi connectivity index (χ4v) is 2.36. The molecule has 0 spiro atoms. The van der Waals surface area contributed by atoms with Crippen molar-refractivity contribution in [1.82, 2.24) is 0 Å². The number of hydrogen-bond donors (Lipinski definition) is 0. The van der Waals surface area contributed by atoms with E-state index in [1.54, 1.807) is 30.3 Å². The van der Waals surface area contributed by atoms with E-state index < -0.39 is 6.10 Å². The molecule has 1 aliphatic heterocycles. The lowest BCUT2D eigenvalue weighted by molar-refractivity contribution is 0.0926. The van der Waals surface area contributed by atoms with Gasteiger partial charge in [0.05, 0.1) is 6.26 Å². The summed E-state index contributed by atoms with van der Waals surface area (Å²) in [6.45, 7) is 0. The van der Waals surface area contributed by atoms with Crippen LogP contribution < -0.4 is 0 Å². The van der Waals surface area contributed by atoms with Crippen molar-refractivity contribution in [3.63, 3.8) is 0 Å². The Balaban J connectivity index is 1.80. The highest BCUT2D eigenvalue weighted by Gasteiger charge is 2.48. The van der Waals surface area contributed by atoms with Gasteiger partial charge in [-0.05, 0) is 24.3 Å². The number of Topliss-reactive ketones (excluding diaryl/α,β-unsaturated/α-hetero) is 1. The van der Waals surface area contributed by atoms with E-state index in [2.05, 4.69) is 0 Å². The van der Waals surface area contributed by atoms with Crippen LogP contribution in [0.2, 0.25) is 10.0 Å². The predicted molar refractivity (Wildman–Crippen MR) is 67.1 cm³/mol. The van der Waals surface area contributed by atoms with Crippen molar-refractivity contribution in [2.24, 2.45) is 0 Å². The quantitative estimate of drug-likeness (QED) is 0.633. The zero-order chi connectivity index (χ0) is 12.7. The number of ether oxygens (including phenoxy) is 1. The molecule has 2 atom stereocenters. The third kappa shape index (κ3) is 2.05. The summed E-state index contributed by atoms with van der Waals surface area (Å²) < 4.78 is 10.4. The second-order valence-corrected chi connectivity index (χ2v) is 4.83. The van der Waals surface area contributed by atoms with Crippen molar-refractivity contribution in [2.75, 3.05) is 0 Å². The summed E-state index contributed by atoms with van der Waals surface area (Å²) in [6.07, 6.45) is 0.627. The van der Waals surface area contributed by atoms with Crippen molar-refractivity contribution in [2.45, 2.75) is 12.2 Å². The van der Waals surface area contributed by atoms with Gasteiger partial charge in [-0.25, -0.2) is 0 Å². The van der Waals surface area contributed by atoms with Crippen LogP contribution in [0, 0.1) is 0 Å². The van der Waals surface area contributed by atoms with Crippen LogP contribution in [-0.4, -0.2) is 11.9 Å². The maximum atomic E-state index is 11.9. The minimum atomic E-state index is -0.519. The SMILES string of the molecule is O=C(c1ccco1)[C@@H]1O[C@H]1c1ccc(Cl)cc1Cl. The molecule has 0 amide bonds. The molecular weight excluding hydrogens is 275 g/mol. The molecule has 0 aliphatic carbocycles. The molecule has 2 heterocycles. The van der Waals surface area contributed by atoms with Gasteiger partial charge >= 0.3 is 0 Å². The Kier molecular flexibility index (Phi) is 2.90. The van der Waals surface area contributed by atoms with E-state index in [9.17, 15) is 4.79 Å². The number of ketones is 1. The summed E-state index contributed by atoms with van der Waals surface area (Å²) in [6, 6.07) is 8.41. The van der Waals surface area contributed by atoms with Gasteiger partial charge in [0.1, 0.15) is 6.10 Å². The van der Waals surface area contributed by atoms with E-state index in [4.69, 9.17) is 32.4 Å². The molecule has 0 unspecified atom stereocenters. The van der Waals surface area contributed by atoms with Crippen LogP contribution in [0.4, 0.5) is 0 Å². The number of rotatable bonds is 3. The van der Waals surface area contributed by atoms with E-state index in [0.29, 0.717) is 15.8 Å². The Morgan fingerprint density at radius 2 is 2.06 bits per heavy atom. The number of benzene rings is 1. The fraction of sp³-hybridized carbons (Fsp3) is 0.154. The Labute approximate surface area is 113 Å². The van der Waals surface area contributed by atoms with Crippen LogP contribution >= 0.6 is 23.2 Å². The average molecular weight is 283 g/mol. The predicted octanol–water partition coefficient (Wildman–Crippen LogP) is 3.91. The summed E-state index contributed by atoms with van der Waals surface area (Å²) >= 11 is 11.9. The third-order valence-electron chi connectivity index (χ3n) is 2.78. The molecule has 0 N–H and O–H groups in total. The van der Waals surface area contributed by atoms with Crippen LogP contribution in [0.1, 0.15) is 22.2 Å². The molecule has 0 saturated carbocycles. The van der Waals surface area contributed by atoms with Gasteiger partial charge < -0.3 is 9.15 Å². The number of furan rings is 1. The average Bonchev–Trinajstić information content (AvgIpc) is 2.92. The van der Waals surface area contributed by atoms with Crippen LogP contribution in [0.25, 0.3) is 0 Å². The minimum absolute atomic E-state index is 0.170. The number of halogens is 2. The van der Waals surface area contributed by atoms with Gasteiger partial charge in [-0.15, -0.1) is 0 Å². The standard InChI is InChI=1S/C13H8Cl2O3/c14-7-3-4-8(9(15)6-7)12-13(18-12)11(16)10-2-1-5-17-10/h1-6,12-13H/t12-,13-/m0/s1. The van der Waals surface area contributed by atoms with Crippen LogP contribution in [0.15, 0.2) is 41.0 Å². The Hall–Kier alpha value is -1.29. The highest BCUT2D eigenvalue weighted by molar-refractivity contribution is 6.35. The van der Waals surface area contributed by atoms with Gasteiger partial charge in [0.25, 0.3) is 0 Å². The van der Waals surface area contributed by atoms with Gasteiger partial charge in [-0.2, -0.15) is 0 Å². The molecule has 0 bridgehead atoms. The van der Waals surface area contributed by atoms with E-state index in [0.717, 1.165) is 5.56 Å². The Morgan fingerprint density at radius 1 is 1.22 bits per heavy atom. The molecule has 1 aliphatic rings. The fourth-order valence-electron chi connectivity index (χ4n) is 1.84. The first kappa shape index (κ1) is 11.8. The molecule has 1 fully saturated rings. The molecule has 1 saturated heterocycles. The molecular formula is C13H8Cl2O3. The first-order chi connectivity index (χ1) is 8.66. The van der Waals surface area contributed by atoms with Gasteiger partial charge in [0.2, 0.25) is 5.78 Å². The summed E-state index contributed by atoms with van der Waals surface area (Å²) in [7, 11) is 0. The lowest BCUT2D eigenvalue weighted by Crippen LogP contribution is -2.06. The highest BCUT2D eigenvalue weighted by Crippen LogP contribution is 2.43. The van der Waals surface area contributed by atoms with E-state index >= 15 is 0 Å². The Bertz CT molecular complexity index is 592. The van der Waals surface area contributed by atoms with E-state index in [-0.39, 0.29) is 11.9 Å². The van der Waals surface area contributed by atoms with Crippen molar-refractivity contribution in [1.29, 1.82) is 0 Å². The number of carbonyl (C=O) groups excluding carboxylic acids is 1. The molecule has 92 valence electrons. The minimum Gasteiger partial charge on any atom is -0.461 e. The molecule has 1 aromatic heterocycles. The number of carbonyl (C=O) groups is 1. The maximum absolute atomic E-state index is 11.9. The first-order valence-corrected chi connectivity index (χ1v) is 6.10. The summed E-state index contributed by atoms with van der Waals surface area (Å²) in [5, 5.41) is 1.06. The normalized spacial score (nSPS) is 21.9. The largest absolute Gasteiger partial charge is 0.461 e. The number of epoxide rings is 1. The van der Waals surface area contributed by atoms with Crippen LogP contribution in [-0.2, 0) is 4.74 Å². The smallest absolute Gasteiger partial charge is 0.229 e. The maximum Gasteiger partial charge on any atom is 0.229 e. The molecule has 18 heavy (non-hydrogen) atoms. The molecule has 5 heteroatoms. The van der Waals surface area contributed by atoms with Gasteiger partial charge in [-0.1, -0.05) is 29.3 Å².